The first-order chi connectivity index (χ1) is 10.6. The van der Waals surface area contributed by atoms with Crippen LogP contribution in [0.5, 0.6) is 5.75 Å². The predicted molar refractivity (Wildman–Crippen MR) is 80.4 cm³/mol. The monoisotopic (exact) mass is 321 g/mol. The van der Waals surface area contributed by atoms with Crippen molar-refractivity contribution in [2.75, 3.05) is 18.5 Å². The number of rotatable bonds is 6. The molecule has 2 N–H and O–H groups in total. The summed E-state index contributed by atoms with van der Waals surface area (Å²) >= 11 is 5.95. The van der Waals surface area contributed by atoms with Crippen LogP contribution in [0, 0.1) is 17.1 Å². The SMILES string of the molecule is N#Cc1cnc(NC[C@H](O)COc2ccc(F)cc2)c(Cl)c1. The molecule has 1 heterocycles. The number of halogens is 2. The van der Waals surface area contributed by atoms with Crippen molar-refractivity contribution < 1.29 is 14.2 Å². The summed E-state index contributed by atoms with van der Waals surface area (Å²) in [5.74, 6) is 0.493. The van der Waals surface area contributed by atoms with Gasteiger partial charge in [-0.25, -0.2) is 9.37 Å². The molecule has 1 aromatic heterocycles. The van der Waals surface area contributed by atoms with E-state index < -0.39 is 6.10 Å². The Labute approximate surface area is 131 Å². The van der Waals surface area contributed by atoms with Gasteiger partial charge in [-0.05, 0) is 30.3 Å². The molecular formula is C15H13ClFN3O2. The van der Waals surface area contributed by atoms with Crippen molar-refractivity contribution in [2.24, 2.45) is 0 Å². The molecule has 0 aliphatic heterocycles. The minimum absolute atomic E-state index is 0.0343. The Morgan fingerprint density at radius 3 is 2.77 bits per heavy atom. The lowest BCUT2D eigenvalue weighted by Crippen LogP contribution is -2.26. The van der Waals surface area contributed by atoms with Crippen LogP contribution in [-0.2, 0) is 0 Å². The maximum absolute atomic E-state index is 12.7. The number of nitrogens with zero attached hydrogens (tertiary/aromatic N) is 2. The summed E-state index contributed by atoms with van der Waals surface area (Å²) in [6, 6.07) is 8.93. The molecule has 0 unspecified atom stereocenters. The standard InChI is InChI=1S/C15H13ClFN3O2/c16-14-5-10(6-18)7-19-15(14)20-8-12(21)9-22-13-3-1-11(17)2-4-13/h1-5,7,12,21H,8-9H2,(H,19,20)/t12-/m0/s1. The Bertz CT molecular complexity index is 673. The summed E-state index contributed by atoms with van der Waals surface area (Å²) in [6.45, 7) is 0.201. The Morgan fingerprint density at radius 2 is 2.14 bits per heavy atom. The van der Waals surface area contributed by atoms with Crippen molar-refractivity contribution in [3.05, 3.63) is 52.9 Å². The first-order valence-corrected chi connectivity index (χ1v) is 6.82. The average Bonchev–Trinajstić information content (AvgIpc) is 2.53. The van der Waals surface area contributed by atoms with E-state index in [1.807, 2.05) is 6.07 Å². The van der Waals surface area contributed by atoms with E-state index in [1.54, 1.807) is 0 Å². The van der Waals surface area contributed by atoms with Gasteiger partial charge in [0.2, 0.25) is 0 Å². The lowest BCUT2D eigenvalue weighted by Gasteiger charge is -2.14. The van der Waals surface area contributed by atoms with Gasteiger partial charge in [0, 0.05) is 12.7 Å². The lowest BCUT2D eigenvalue weighted by atomic mass is 10.3. The first kappa shape index (κ1) is 16.0. The van der Waals surface area contributed by atoms with Crippen molar-refractivity contribution in [2.45, 2.75) is 6.10 Å². The molecule has 0 aliphatic carbocycles. The van der Waals surface area contributed by atoms with E-state index in [4.69, 9.17) is 21.6 Å². The minimum Gasteiger partial charge on any atom is -0.491 e. The van der Waals surface area contributed by atoms with E-state index in [1.165, 1.54) is 36.5 Å². The fraction of sp³-hybridized carbons (Fsp3) is 0.200. The molecule has 5 nitrogen and oxygen atoms in total. The zero-order valence-electron chi connectivity index (χ0n) is 11.5. The van der Waals surface area contributed by atoms with Crippen LogP contribution >= 0.6 is 11.6 Å². The van der Waals surface area contributed by atoms with Gasteiger partial charge >= 0.3 is 0 Å². The Morgan fingerprint density at radius 1 is 1.41 bits per heavy atom. The zero-order valence-corrected chi connectivity index (χ0v) is 12.2. The average molecular weight is 322 g/mol. The number of nitrogens with one attached hydrogen (secondary N) is 1. The normalized spacial score (nSPS) is 11.5. The van der Waals surface area contributed by atoms with Gasteiger partial charge in [-0.3, -0.25) is 0 Å². The van der Waals surface area contributed by atoms with Gasteiger partial charge in [-0.1, -0.05) is 11.6 Å². The fourth-order valence-electron chi connectivity index (χ4n) is 1.63. The van der Waals surface area contributed by atoms with Crippen molar-refractivity contribution >= 4 is 17.4 Å². The highest BCUT2D eigenvalue weighted by atomic mass is 35.5. The van der Waals surface area contributed by atoms with Crippen molar-refractivity contribution in [3.63, 3.8) is 0 Å². The number of hydrogen-bond donors (Lipinski definition) is 2. The number of aliphatic hydroxyl groups excluding tert-OH is 1. The number of aromatic nitrogens is 1. The van der Waals surface area contributed by atoms with Gasteiger partial charge in [0.25, 0.3) is 0 Å². The van der Waals surface area contributed by atoms with E-state index >= 15 is 0 Å². The summed E-state index contributed by atoms with van der Waals surface area (Å²) in [4.78, 5) is 3.99. The number of nitriles is 1. The van der Waals surface area contributed by atoms with Crippen LogP contribution < -0.4 is 10.1 Å². The molecule has 0 amide bonds. The molecule has 22 heavy (non-hydrogen) atoms. The predicted octanol–water partition coefficient (Wildman–Crippen LogP) is 2.60. The van der Waals surface area contributed by atoms with Gasteiger partial charge in [0.15, 0.2) is 0 Å². The van der Waals surface area contributed by atoms with Gasteiger partial charge < -0.3 is 15.2 Å². The summed E-state index contributed by atoms with van der Waals surface area (Å²) in [5, 5.41) is 21.7. The molecule has 0 bridgehead atoms. The first-order valence-electron chi connectivity index (χ1n) is 6.44. The molecule has 0 aliphatic rings. The maximum Gasteiger partial charge on any atom is 0.144 e. The van der Waals surface area contributed by atoms with Crippen LogP contribution in [0.25, 0.3) is 0 Å². The van der Waals surface area contributed by atoms with Crippen LogP contribution in [0.1, 0.15) is 5.56 Å². The summed E-state index contributed by atoms with van der Waals surface area (Å²) in [6.07, 6.45) is 0.578. The molecule has 0 fully saturated rings. The largest absolute Gasteiger partial charge is 0.491 e. The van der Waals surface area contributed by atoms with E-state index in [0.29, 0.717) is 22.2 Å². The van der Waals surface area contributed by atoms with Gasteiger partial charge in [-0.2, -0.15) is 5.26 Å². The third-order valence-corrected chi connectivity index (χ3v) is 3.02. The third-order valence-electron chi connectivity index (χ3n) is 2.73. The number of pyridine rings is 1. The minimum atomic E-state index is -0.807. The number of ether oxygens (including phenoxy) is 1. The summed E-state index contributed by atoms with van der Waals surface area (Å²) in [5.41, 5.74) is 0.357. The zero-order chi connectivity index (χ0) is 15.9. The van der Waals surface area contributed by atoms with Crippen LogP contribution in [-0.4, -0.2) is 29.3 Å². The highest BCUT2D eigenvalue weighted by Crippen LogP contribution is 2.19. The van der Waals surface area contributed by atoms with E-state index in [0.717, 1.165) is 0 Å². The quantitative estimate of drug-likeness (QED) is 0.855. The third kappa shape index (κ3) is 4.58. The van der Waals surface area contributed by atoms with Crippen LogP contribution in [0.4, 0.5) is 10.2 Å². The van der Waals surface area contributed by atoms with Crippen LogP contribution in [0.15, 0.2) is 36.5 Å². The molecule has 0 radical (unpaired) electrons. The second-order valence-corrected chi connectivity index (χ2v) is 4.87. The molecule has 7 heteroatoms. The summed E-state index contributed by atoms with van der Waals surface area (Å²) in [7, 11) is 0. The van der Waals surface area contributed by atoms with Crippen LogP contribution in [0.3, 0.4) is 0 Å². The molecular weight excluding hydrogens is 309 g/mol. The highest BCUT2D eigenvalue weighted by molar-refractivity contribution is 6.33. The maximum atomic E-state index is 12.7. The molecule has 0 saturated carbocycles. The Balaban J connectivity index is 1.81. The summed E-state index contributed by atoms with van der Waals surface area (Å²) < 4.78 is 18.1. The second-order valence-electron chi connectivity index (χ2n) is 4.47. The Kier molecular flexibility index (Phi) is 5.53. The van der Waals surface area contributed by atoms with Crippen molar-refractivity contribution in [1.29, 1.82) is 5.26 Å². The smallest absolute Gasteiger partial charge is 0.144 e. The number of hydrogen-bond acceptors (Lipinski definition) is 5. The van der Waals surface area contributed by atoms with Gasteiger partial charge in [0.05, 0.1) is 10.6 Å². The van der Waals surface area contributed by atoms with E-state index in [2.05, 4.69) is 10.3 Å². The highest BCUT2D eigenvalue weighted by Gasteiger charge is 2.08. The molecule has 2 aromatic rings. The number of anilines is 1. The van der Waals surface area contributed by atoms with E-state index in [9.17, 15) is 9.50 Å². The lowest BCUT2D eigenvalue weighted by molar-refractivity contribution is 0.117. The topological polar surface area (TPSA) is 78.2 Å². The van der Waals surface area contributed by atoms with Crippen molar-refractivity contribution in [1.82, 2.24) is 4.98 Å². The second kappa shape index (κ2) is 7.59. The Hall–Kier alpha value is -2.36. The van der Waals surface area contributed by atoms with Crippen LogP contribution in [0.2, 0.25) is 5.02 Å². The molecule has 0 spiro atoms. The van der Waals surface area contributed by atoms with Crippen molar-refractivity contribution in [3.8, 4) is 11.8 Å². The van der Waals surface area contributed by atoms with Gasteiger partial charge in [-0.15, -0.1) is 0 Å². The van der Waals surface area contributed by atoms with E-state index in [-0.39, 0.29) is 19.0 Å². The molecule has 114 valence electrons. The molecule has 1 aromatic carbocycles. The van der Waals surface area contributed by atoms with Gasteiger partial charge in [0.1, 0.15) is 36.2 Å². The molecule has 0 saturated heterocycles. The molecule has 2 rings (SSSR count). The number of aliphatic hydroxyl groups is 1. The fourth-order valence-corrected chi connectivity index (χ4v) is 1.86. The number of benzene rings is 1. The molecule has 1 atom stereocenters.